The molecule has 0 aliphatic heterocycles. The van der Waals surface area contributed by atoms with E-state index < -0.39 is 6.10 Å². The monoisotopic (exact) mass is 340 g/mol. The Bertz CT molecular complexity index is 594. The minimum absolute atomic E-state index is 0.294. The first-order valence-electron chi connectivity index (χ1n) is 5.92. The SMILES string of the molecule is COc1cccc(OC)c1C(O)c1ccc(F)c(Br)c1. The lowest BCUT2D eigenvalue weighted by Crippen LogP contribution is -2.05. The van der Waals surface area contributed by atoms with Crippen LogP contribution >= 0.6 is 15.9 Å². The summed E-state index contributed by atoms with van der Waals surface area (Å²) in [4.78, 5) is 0. The molecule has 1 N–H and O–H groups in total. The van der Waals surface area contributed by atoms with Crippen LogP contribution in [0.5, 0.6) is 11.5 Å². The van der Waals surface area contributed by atoms with Crippen molar-refractivity contribution in [3.05, 3.63) is 57.8 Å². The van der Waals surface area contributed by atoms with Crippen LogP contribution in [0.3, 0.4) is 0 Å². The fraction of sp³-hybridized carbons (Fsp3) is 0.200. The second-order valence-corrected chi connectivity index (χ2v) is 5.01. The van der Waals surface area contributed by atoms with Crippen LogP contribution in [0.15, 0.2) is 40.9 Å². The highest BCUT2D eigenvalue weighted by atomic mass is 79.9. The molecule has 2 aromatic rings. The van der Waals surface area contributed by atoms with Gasteiger partial charge in [-0.1, -0.05) is 12.1 Å². The summed E-state index contributed by atoms with van der Waals surface area (Å²) in [5.74, 6) is 0.641. The van der Waals surface area contributed by atoms with Gasteiger partial charge in [0.15, 0.2) is 0 Å². The lowest BCUT2D eigenvalue weighted by atomic mass is 9.99. The van der Waals surface area contributed by atoms with Crippen molar-refractivity contribution in [3.63, 3.8) is 0 Å². The minimum atomic E-state index is -0.974. The van der Waals surface area contributed by atoms with Gasteiger partial charge in [-0.25, -0.2) is 4.39 Å². The number of rotatable bonds is 4. The van der Waals surface area contributed by atoms with Crippen LogP contribution in [0.1, 0.15) is 17.2 Å². The highest BCUT2D eigenvalue weighted by molar-refractivity contribution is 9.10. The maximum absolute atomic E-state index is 13.3. The van der Waals surface area contributed by atoms with E-state index in [-0.39, 0.29) is 5.82 Å². The first-order chi connectivity index (χ1) is 9.58. The Hall–Kier alpha value is -1.59. The van der Waals surface area contributed by atoms with Crippen molar-refractivity contribution < 1.29 is 19.0 Å². The normalized spacial score (nSPS) is 12.1. The lowest BCUT2D eigenvalue weighted by Gasteiger charge is -2.18. The van der Waals surface area contributed by atoms with Crippen molar-refractivity contribution in [1.82, 2.24) is 0 Å². The Balaban J connectivity index is 2.51. The third kappa shape index (κ3) is 2.78. The quantitative estimate of drug-likeness (QED) is 0.922. The van der Waals surface area contributed by atoms with Crippen molar-refractivity contribution >= 4 is 15.9 Å². The molecule has 3 nitrogen and oxygen atoms in total. The molecule has 0 saturated heterocycles. The van der Waals surface area contributed by atoms with Gasteiger partial charge in [0.05, 0.1) is 24.3 Å². The molecule has 0 aliphatic rings. The highest BCUT2D eigenvalue weighted by Crippen LogP contribution is 2.37. The zero-order chi connectivity index (χ0) is 14.7. The van der Waals surface area contributed by atoms with E-state index in [1.54, 1.807) is 18.2 Å². The van der Waals surface area contributed by atoms with Crippen LogP contribution in [0.4, 0.5) is 4.39 Å². The van der Waals surface area contributed by atoms with Gasteiger partial charge in [-0.3, -0.25) is 0 Å². The van der Waals surface area contributed by atoms with Crippen LogP contribution < -0.4 is 9.47 Å². The van der Waals surface area contributed by atoms with E-state index in [9.17, 15) is 9.50 Å². The van der Waals surface area contributed by atoms with Crippen LogP contribution in [-0.2, 0) is 0 Å². The van der Waals surface area contributed by atoms with Gasteiger partial charge < -0.3 is 14.6 Å². The van der Waals surface area contributed by atoms with Gasteiger partial charge in [-0.05, 0) is 45.8 Å². The molecule has 0 heterocycles. The van der Waals surface area contributed by atoms with Gasteiger partial charge in [0.1, 0.15) is 23.4 Å². The van der Waals surface area contributed by atoms with Crippen molar-refractivity contribution in [2.75, 3.05) is 14.2 Å². The maximum Gasteiger partial charge on any atom is 0.137 e. The van der Waals surface area contributed by atoms with Crippen LogP contribution in [0.25, 0.3) is 0 Å². The van der Waals surface area contributed by atoms with Crippen LogP contribution in [0, 0.1) is 5.82 Å². The van der Waals surface area contributed by atoms with Gasteiger partial charge in [0.25, 0.3) is 0 Å². The molecule has 20 heavy (non-hydrogen) atoms. The van der Waals surface area contributed by atoms with Crippen molar-refractivity contribution in [2.45, 2.75) is 6.10 Å². The maximum atomic E-state index is 13.3. The number of aliphatic hydroxyl groups excluding tert-OH is 1. The van der Waals surface area contributed by atoms with Crippen LogP contribution in [-0.4, -0.2) is 19.3 Å². The molecule has 0 aromatic heterocycles. The van der Waals surface area contributed by atoms with Gasteiger partial charge in [-0.15, -0.1) is 0 Å². The number of methoxy groups -OCH3 is 2. The van der Waals surface area contributed by atoms with E-state index in [0.29, 0.717) is 27.1 Å². The summed E-state index contributed by atoms with van der Waals surface area (Å²) in [6, 6.07) is 9.60. The summed E-state index contributed by atoms with van der Waals surface area (Å²) in [6.07, 6.45) is -0.974. The van der Waals surface area contributed by atoms with Crippen molar-refractivity contribution in [3.8, 4) is 11.5 Å². The number of benzene rings is 2. The molecule has 0 radical (unpaired) electrons. The van der Waals surface area contributed by atoms with Gasteiger partial charge in [-0.2, -0.15) is 0 Å². The molecule has 5 heteroatoms. The van der Waals surface area contributed by atoms with Crippen LogP contribution in [0.2, 0.25) is 0 Å². The van der Waals surface area contributed by atoms with E-state index >= 15 is 0 Å². The molecule has 0 saturated carbocycles. The summed E-state index contributed by atoms with van der Waals surface area (Å²) >= 11 is 3.11. The number of aliphatic hydroxyl groups is 1. The standard InChI is InChI=1S/C15H14BrFO3/c1-19-12-4-3-5-13(20-2)14(12)15(18)9-6-7-11(17)10(16)8-9/h3-8,15,18H,1-2H3. The lowest BCUT2D eigenvalue weighted by molar-refractivity contribution is 0.208. The number of halogens is 2. The fourth-order valence-corrected chi connectivity index (χ4v) is 2.40. The summed E-state index contributed by atoms with van der Waals surface area (Å²) in [6.45, 7) is 0. The van der Waals surface area contributed by atoms with E-state index in [1.807, 2.05) is 0 Å². The second-order valence-electron chi connectivity index (χ2n) is 4.15. The smallest absolute Gasteiger partial charge is 0.137 e. The average molecular weight is 341 g/mol. The molecule has 106 valence electrons. The Kier molecular flexibility index (Phi) is 4.62. The molecular formula is C15H14BrFO3. The highest BCUT2D eigenvalue weighted by Gasteiger charge is 2.21. The predicted octanol–water partition coefficient (Wildman–Crippen LogP) is 3.69. The summed E-state index contributed by atoms with van der Waals surface area (Å²) < 4.78 is 24.1. The zero-order valence-corrected chi connectivity index (χ0v) is 12.6. The molecule has 2 aromatic carbocycles. The third-order valence-electron chi connectivity index (χ3n) is 3.00. The van der Waals surface area contributed by atoms with Crippen molar-refractivity contribution in [2.24, 2.45) is 0 Å². The van der Waals surface area contributed by atoms with Gasteiger partial charge in [0.2, 0.25) is 0 Å². The Morgan fingerprint density at radius 2 is 1.70 bits per heavy atom. The van der Waals surface area contributed by atoms with Gasteiger partial charge >= 0.3 is 0 Å². The topological polar surface area (TPSA) is 38.7 Å². The minimum Gasteiger partial charge on any atom is -0.496 e. The fourth-order valence-electron chi connectivity index (χ4n) is 2.00. The Morgan fingerprint density at radius 1 is 1.10 bits per heavy atom. The molecule has 0 aliphatic carbocycles. The molecule has 1 atom stereocenters. The number of hydrogen-bond acceptors (Lipinski definition) is 3. The second kappa shape index (κ2) is 6.24. The molecule has 1 unspecified atom stereocenters. The molecule has 0 fully saturated rings. The molecule has 2 rings (SSSR count). The largest absolute Gasteiger partial charge is 0.496 e. The number of hydrogen-bond donors (Lipinski definition) is 1. The van der Waals surface area contributed by atoms with Crippen molar-refractivity contribution in [1.29, 1.82) is 0 Å². The first kappa shape index (κ1) is 14.8. The first-order valence-corrected chi connectivity index (χ1v) is 6.71. The average Bonchev–Trinajstić information content (AvgIpc) is 2.48. The summed E-state index contributed by atoms with van der Waals surface area (Å²) in [5, 5.41) is 10.5. The van der Waals surface area contributed by atoms with E-state index in [4.69, 9.17) is 9.47 Å². The summed E-state index contributed by atoms with van der Waals surface area (Å²) in [5.41, 5.74) is 1.05. The predicted molar refractivity (Wildman–Crippen MR) is 77.7 cm³/mol. The molecule has 0 bridgehead atoms. The van der Waals surface area contributed by atoms with Gasteiger partial charge in [0, 0.05) is 0 Å². The Morgan fingerprint density at radius 3 is 2.20 bits per heavy atom. The molecule has 0 spiro atoms. The van der Waals surface area contributed by atoms with E-state index in [1.165, 1.54) is 32.4 Å². The third-order valence-corrected chi connectivity index (χ3v) is 3.61. The zero-order valence-electron chi connectivity index (χ0n) is 11.1. The van der Waals surface area contributed by atoms with E-state index in [0.717, 1.165) is 0 Å². The Labute approximate surface area is 125 Å². The summed E-state index contributed by atoms with van der Waals surface area (Å²) in [7, 11) is 3.04. The molecular weight excluding hydrogens is 327 g/mol. The van der Waals surface area contributed by atoms with E-state index in [2.05, 4.69) is 15.9 Å². The molecule has 0 amide bonds. The number of ether oxygens (including phenoxy) is 2.